The van der Waals surface area contributed by atoms with Crippen LogP contribution in [0.25, 0.3) is 0 Å². The van der Waals surface area contributed by atoms with Crippen LogP contribution in [-0.2, 0) is 9.59 Å². The lowest BCUT2D eigenvalue weighted by Crippen LogP contribution is -2.32. The third-order valence-electron chi connectivity index (χ3n) is 3.23. The molecule has 2 rings (SSSR count). The second-order valence-corrected chi connectivity index (χ2v) is 4.68. The highest BCUT2D eigenvalue weighted by molar-refractivity contribution is 6.43. The molecule has 0 unspecified atom stereocenters. The van der Waals surface area contributed by atoms with Crippen LogP contribution in [0.4, 0.5) is 5.69 Å². The Kier molecular flexibility index (Phi) is 4.02. The molecule has 6 heteroatoms. The Hall–Kier alpha value is -2.37. The van der Waals surface area contributed by atoms with Gasteiger partial charge < -0.3 is 10.1 Å². The maximum atomic E-state index is 12.1. The second kappa shape index (κ2) is 5.73. The molecule has 106 valence electrons. The molecule has 1 heterocycles. The zero-order valence-electron chi connectivity index (χ0n) is 11.7. The lowest BCUT2D eigenvalue weighted by molar-refractivity contribution is -0.121. The third kappa shape index (κ3) is 2.96. The van der Waals surface area contributed by atoms with Gasteiger partial charge in [0.1, 0.15) is 11.5 Å². The van der Waals surface area contributed by atoms with Crippen LogP contribution >= 0.6 is 0 Å². The number of rotatable bonds is 3. The topological polar surface area (TPSA) is 79.8 Å². The highest BCUT2D eigenvalue weighted by Crippen LogP contribution is 2.28. The van der Waals surface area contributed by atoms with Gasteiger partial charge in [0, 0.05) is 12.8 Å². The van der Waals surface area contributed by atoms with E-state index in [2.05, 4.69) is 15.8 Å². The molecule has 0 fully saturated rings. The van der Waals surface area contributed by atoms with Crippen molar-refractivity contribution in [2.75, 3.05) is 12.4 Å². The molecule has 0 aromatic heterocycles. The van der Waals surface area contributed by atoms with Gasteiger partial charge in [0.05, 0.1) is 12.8 Å². The summed E-state index contributed by atoms with van der Waals surface area (Å²) in [6.45, 7) is 3.94. The van der Waals surface area contributed by atoms with Gasteiger partial charge in [-0.25, -0.2) is 5.43 Å². The van der Waals surface area contributed by atoms with Crippen LogP contribution in [0, 0.1) is 13.8 Å². The van der Waals surface area contributed by atoms with Crippen molar-refractivity contribution in [2.45, 2.75) is 26.7 Å². The van der Waals surface area contributed by atoms with Gasteiger partial charge in [-0.05, 0) is 37.1 Å². The number of benzene rings is 1. The number of amides is 2. The number of ether oxygens (including phenoxy) is 1. The summed E-state index contributed by atoms with van der Waals surface area (Å²) in [5.41, 5.74) is 5.35. The van der Waals surface area contributed by atoms with Crippen LogP contribution in [0.2, 0.25) is 0 Å². The summed E-state index contributed by atoms with van der Waals surface area (Å²) in [6, 6.07) is 3.73. The molecule has 0 bridgehead atoms. The van der Waals surface area contributed by atoms with E-state index in [4.69, 9.17) is 4.74 Å². The normalized spacial score (nSPS) is 14.3. The van der Waals surface area contributed by atoms with Crippen LogP contribution in [0.5, 0.6) is 5.75 Å². The molecular formula is C14H17N3O3. The Morgan fingerprint density at radius 1 is 1.30 bits per heavy atom. The lowest BCUT2D eigenvalue weighted by Gasteiger charge is -2.15. The summed E-state index contributed by atoms with van der Waals surface area (Å²) in [4.78, 5) is 23.1. The summed E-state index contributed by atoms with van der Waals surface area (Å²) in [6.07, 6.45) is 0.612. The first-order valence-electron chi connectivity index (χ1n) is 6.33. The molecule has 0 saturated heterocycles. The molecule has 1 aromatic rings. The average Bonchev–Trinajstić information content (AvgIpc) is 2.43. The Morgan fingerprint density at radius 2 is 2.00 bits per heavy atom. The van der Waals surface area contributed by atoms with Crippen molar-refractivity contribution in [1.29, 1.82) is 0 Å². The van der Waals surface area contributed by atoms with Gasteiger partial charge in [-0.15, -0.1) is 0 Å². The first-order chi connectivity index (χ1) is 9.51. The minimum atomic E-state index is -0.327. The monoisotopic (exact) mass is 275 g/mol. The van der Waals surface area contributed by atoms with E-state index in [1.165, 1.54) is 0 Å². The van der Waals surface area contributed by atoms with E-state index in [9.17, 15) is 9.59 Å². The van der Waals surface area contributed by atoms with Gasteiger partial charge in [-0.1, -0.05) is 0 Å². The van der Waals surface area contributed by atoms with Crippen molar-refractivity contribution >= 4 is 23.2 Å². The Labute approximate surface area is 117 Å². The molecule has 6 nitrogen and oxygen atoms in total. The molecule has 0 radical (unpaired) electrons. The molecule has 20 heavy (non-hydrogen) atoms. The summed E-state index contributed by atoms with van der Waals surface area (Å²) in [7, 11) is 1.55. The highest BCUT2D eigenvalue weighted by atomic mass is 16.5. The first-order valence-corrected chi connectivity index (χ1v) is 6.33. The Bertz CT molecular complexity index is 594. The Balaban J connectivity index is 2.19. The quantitative estimate of drug-likeness (QED) is 0.877. The fourth-order valence-electron chi connectivity index (χ4n) is 1.89. The van der Waals surface area contributed by atoms with E-state index in [1.807, 2.05) is 26.0 Å². The summed E-state index contributed by atoms with van der Waals surface area (Å²) >= 11 is 0. The van der Waals surface area contributed by atoms with E-state index < -0.39 is 0 Å². The average molecular weight is 275 g/mol. The van der Waals surface area contributed by atoms with Crippen LogP contribution < -0.4 is 15.5 Å². The number of methoxy groups -OCH3 is 1. The smallest absolute Gasteiger partial charge is 0.271 e. The SMILES string of the molecule is COc1cc(C)c(C)cc1NC(=O)C1=NNC(=O)CC1. The van der Waals surface area contributed by atoms with Crippen molar-refractivity contribution in [1.82, 2.24) is 5.43 Å². The maximum absolute atomic E-state index is 12.1. The van der Waals surface area contributed by atoms with Gasteiger partial charge >= 0.3 is 0 Å². The molecule has 1 aliphatic rings. The van der Waals surface area contributed by atoms with Crippen LogP contribution in [0.1, 0.15) is 24.0 Å². The first kappa shape index (κ1) is 14.0. The van der Waals surface area contributed by atoms with Crippen molar-refractivity contribution in [3.05, 3.63) is 23.3 Å². The van der Waals surface area contributed by atoms with Gasteiger partial charge in [0.2, 0.25) is 5.91 Å². The third-order valence-corrected chi connectivity index (χ3v) is 3.23. The van der Waals surface area contributed by atoms with Crippen molar-refractivity contribution in [3.63, 3.8) is 0 Å². The molecular weight excluding hydrogens is 258 g/mol. The molecule has 2 N–H and O–H groups in total. The number of anilines is 1. The second-order valence-electron chi connectivity index (χ2n) is 4.68. The predicted molar refractivity (Wildman–Crippen MR) is 75.9 cm³/mol. The lowest BCUT2D eigenvalue weighted by atomic mass is 10.1. The number of nitrogens with one attached hydrogen (secondary N) is 2. The number of hydrogen-bond donors (Lipinski definition) is 2. The number of carbonyl (C=O) groups is 2. The number of nitrogens with zero attached hydrogens (tertiary/aromatic N) is 1. The van der Waals surface area contributed by atoms with Crippen LogP contribution in [0.15, 0.2) is 17.2 Å². The molecule has 2 amide bonds. The van der Waals surface area contributed by atoms with Gasteiger partial charge in [0.25, 0.3) is 5.91 Å². The maximum Gasteiger partial charge on any atom is 0.271 e. The summed E-state index contributed by atoms with van der Waals surface area (Å²) in [5, 5.41) is 6.53. The van der Waals surface area contributed by atoms with Crippen molar-refractivity contribution in [3.8, 4) is 5.75 Å². The molecule has 1 aromatic carbocycles. The zero-order valence-corrected chi connectivity index (χ0v) is 11.7. The van der Waals surface area contributed by atoms with E-state index in [1.54, 1.807) is 7.11 Å². The summed E-state index contributed by atoms with van der Waals surface area (Å²) in [5.74, 6) is 0.0961. The molecule has 1 aliphatic heterocycles. The summed E-state index contributed by atoms with van der Waals surface area (Å²) < 4.78 is 5.26. The zero-order chi connectivity index (χ0) is 14.7. The molecule has 0 aliphatic carbocycles. The van der Waals surface area contributed by atoms with Gasteiger partial charge in [-0.2, -0.15) is 5.10 Å². The minimum absolute atomic E-state index is 0.176. The highest BCUT2D eigenvalue weighted by Gasteiger charge is 2.19. The van der Waals surface area contributed by atoms with Crippen LogP contribution in [-0.4, -0.2) is 24.6 Å². The van der Waals surface area contributed by atoms with Gasteiger partial charge in [0.15, 0.2) is 0 Å². The van der Waals surface area contributed by atoms with Crippen LogP contribution in [0.3, 0.4) is 0 Å². The van der Waals surface area contributed by atoms with Crippen molar-refractivity contribution < 1.29 is 14.3 Å². The van der Waals surface area contributed by atoms with E-state index in [-0.39, 0.29) is 18.2 Å². The largest absolute Gasteiger partial charge is 0.495 e. The fourth-order valence-corrected chi connectivity index (χ4v) is 1.89. The fraction of sp³-hybridized carbons (Fsp3) is 0.357. The number of hydrogen-bond acceptors (Lipinski definition) is 4. The molecule has 0 atom stereocenters. The predicted octanol–water partition coefficient (Wildman–Crippen LogP) is 1.52. The minimum Gasteiger partial charge on any atom is -0.495 e. The van der Waals surface area contributed by atoms with E-state index >= 15 is 0 Å². The van der Waals surface area contributed by atoms with E-state index in [0.29, 0.717) is 23.6 Å². The van der Waals surface area contributed by atoms with E-state index in [0.717, 1.165) is 11.1 Å². The Morgan fingerprint density at radius 3 is 2.60 bits per heavy atom. The standard InChI is InChI=1S/C14H17N3O3/c1-8-6-11(12(20-3)7-9(8)2)15-14(19)10-4-5-13(18)17-16-10/h6-7H,4-5H2,1-3H3,(H,15,19)(H,17,18). The number of hydrazone groups is 1. The van der Waals surface area contributed by atoms with Crippen molar-refractivity contribution in [2.24, 2.45) is 5.10 Å². The molecule has 0 saturated carbocycles. The van der Waals surface area contributed by atoms with Gasteiger partial charge in [-0.3, -0.25) is 9.59 Å². The molecule has 0 spiro atoms. The number of aryl methyl sites for hydroxylation is 2. The number of carbonyl (C=O) groups excluding carboxylic acids is 2.